The Kier molecular flexibility index (Phi) is 6.07. The van der Waals surface area contributed by atoms with E-state index in [4.69, 9.17) is 4.74 Å². The molecule has 2 rings (SSSR count). The fourth-order valence-electron chi connectivity index (χ4n) is 2.88. The Hall–Kier alpha value is -1.06. The third-order valence-corrected chi connectivity index (χ3v) is 4.00. The molecule has 1 heterocycles. The van der Waals surface area contributed by atoms with E-state index < -0.39 is 0 Å². The van der Waals surface area contributed by atoms with Crippen LogP contribution in [0.1, 0.15) is 46.1 Å². The molecule has 0 spiro atoms. The average Bonchev–Trinajstić information content (AvgIpc) is 2.90. The first-order valence-electron chi connectivity index (χ1n) is 8.27. The normalized spacial score (nSPS) is 18.9. The van der Waals surface area contributed by atoms with Gasteiger partial charge in [0.25, 0.3) is 0 Å². The Morgan fingerprint density at radius 2 is 2.10 bits per heavy atom. The van der Waals surface area contributed by atoms with Crippen LogP contribution < -0.4 is 10.1 Å². The fourth-order valence-corrected chi connectivity index (χ4v) is 2.88. The van der Waals surface area contributed by atoms with Gasteiger partial charge in [0, 0.05) is 25.2 Å². The van der Waals surface area contributed by atoms with Crippen molar-refractivity contribution in [2.45, 2.75) is 65.3 Å². The van der Waals surface area contributed by atoms with E-state index in [0.29, 0.717) is 12.1 Å². The molecule has 0 aromatic heterocycles. The van der Waals surface area contributed by atoms with E-state index in [2.05, 4.69) is 56.1 Å². The maximum Gasteiger partial charge on any atom is 0.120 e. The number of rotatable bonds is 7. The molecule has 0 radical (unpaired) electrons. The second-order valence-electron chi connectivity index (χ2n) is 6.63. The predicted molar refractivity (Wildman–Crippen MR) is 88.8 cm³/mol. The van der Waals surface area contributed by atoms with Crippen molar-refractivity contribution in [2.24, 2.45) is 0 Å². The van der Waals surface area contributed by atoms with Gasteiger partial charge in [0.05, 0.1) is 6.10 Å². The lowest BCUT2D eigenvalue weighted by Crippen LogP contribution is -2.40. The quantitative estimate of drug-likeness (QED) is 0.832. The molecule has 1 unspecified atom stereocenters. The minimum absolute atomic E-state index is 0.226. The van der Waals surface area contributed by atoms with Crippen LogP contribution in [0, 0.1) is 0 Å². The van der Waals surface area contributed by atoms with Crippen LogP contribution in [0.3, 0.4) is 0 Å². The molecular formula is C18H30N2O. The molecule has 1 aromatic carbocycles. The number of hydrogen-bond donors (Lipinski definition) is 1. The number of nitrogens with one attached hydrogen (secondary N) is 1. The van der Waals surface area contributed by atoms with Crippen molar-refractivity contribution < 1.29 is 4.74 Å². The lowest BCUT2D eigenvalue weighted by atomic mass is 10.1. The van der Waals surface area contributed by atoms with E-state index in [1.807, 2.05) is 6.07 Å². The van der Waals surface area contributed by atoms with E-state index in [9.17, 15) is 0 Å². The summed E-state index contributed by atoms with van der Waals surface area (Å²) in [5.41, 5.74) is 1.33. The van der Waals surface area contributed by atoms with Gasteiger partial charge in [0.2, 0.25) is 0 Å². The van der Waals surface area contributed by atoms with Crippen LogP contribution >= 0.6 is 0 Å². The zero-order chi connectivity index (χ0) is 15.2. The third-order valence-electron chi connectivity index (χ3n) is 4.00. The number of hydrogen-bond acceptors (Lipinski definition) is 3. The minimum Gasteiger partial charge on any atom is -0.491 e. The molecule has 21 heavy (non-hydrogen) atoms. The van der Waals surface area contributed by atoms with Gasteiger partial charge in [-0.25, -0.2) is 0 Å². The molecule has 0 amide bonds. The van der Waals surface area contributed by atoms with Gasteiger partial charge in [-0.2, -0.15) is 0 Å². The Labute approximate surface area is 129 Å². The number of benzene rings is 1. The summed E-state index contributed by atoms with van der Waals surface area (Å²) in [6.45, 7) is 12.0. The molecule has 0 saturated carbocycles. The zero-order valence-corrected chi connectivity index (χ0v) is 13.9. The van der Waals surface area contributed by atoms with Crippen LogP contribution in [0.15, 0.2) is 24.3 Å². The van der Waals surface area contributed by atoms with E-state index in [0.717, 1.165) is 18.8 Å². The summed E-state index contributed by atoms with van der Waals surface area (Å²) in [6.07, 6.45) is 2.85. The second-order valence-corrected chi connectivity index (χ2v) is 6.63. The molecule has 1 aliphatic heterocycles. The summed E-state index contributed by atoms with van der Waals surface area (Å²) in [5, 5.41) is 3.60. The van der Waals surface area contributed by atoms with Gasteiger partial charge < -0.3 is 10.1 Å². The maximum absolute atomic E-state index is 5.80. The summed E-state index contributed by atoms with van der Waals surface area (Å²) in [5.74, 6) is 0.977. The summed E-state index contributed by atoms with van der Waals surface area (Å²) in [4.78, 5) is 2.55. The van der Waals surface area contributed by atoms with Gasteiger partial charge >= 0.3 is 0 Å². The van der Waals surface area contributed by atoms with E-state index in [-0.39, 0.29) is 6.10 Å². The first-order chi connectivity index (χ1) is 10.0. The largest absolute Gasteiger partial charge is 0.491 e. The molecular weight excluding hydrogens is 260 g/mol. The SMILES string of the molecule is CC(C)Oc1cccc(CN(CC2CCCN2)C(C)C)c1. The van der Waals surface area contributed by atoms with Gasteiger partial charge in [0.15, 0.2) is 0 Å². The Balaban J connectivity index is 1.98. The highest BCUT2D eigenvalue weighted by atomic mass is 16.5. The van der Waals surface area contributed by atoms with E-state index >= 15 is 0 Å². The Morgan fingerprint density at radius 3 is 2.71 bits per heavy atom. The average molecular weight is 290 g/mol. The van der Waals surface area contributed by atoms with Gasteiger partial charge in [-0.3, -0.25) is 4.90 Å². The molecule has 3 heteroatoms. The van der Waals surface area contributed by atoms with E-state index in [1.165, 1.54) is 24.9 Å². The first-order valence-corrected chi connectivity index (χ1v) is 8.27. The third kappa shape index (κ3) is 5.33. The van der Waals surface area contributed by atoms with Crippen molar-refractivity contribution in [1.82, 2.24) is 10.2 Å². The van der Waals surface area contributed by atoms with Crippen molar-refractivity contribution in [3.05, 3.63) is 29.8 Å². The highest BCUT2D eigenvalue weighted by Crippen LogP contribution is 2.18. The topological polar surface area (TPSA) is 24.5 Å². The molecule has 1 fully saturated rings. The van der Waals surface area contributed by atoms with Crippen LogP contribution in [-0.2, 0) is 6.54 Å². The molecule has 118 valence electrons. The first kappa shape index (κ1) is 16.3. The summed E-state index contributed by atoms with van der Waals surface area (Å²) < 4.78 is 5.80. The van der Waals surface area contributed by atoms with E-state index in [1.54, 1.807) is 0 Å². The molecule has 3 nitrogen and oxygen atoms in total. The summed E-state index contributed by atoms with van der Waals surface area (Å²) in [6, 6.07) is 9.73. The van der Waals surface area contributed by atoms with Gasteiger partial charge in [-0.1, -0.05) is 12.1 Å². The van der Waals surface area contributed by atoms with Crippen molar-refractivity contribution in [3.63, 3.8) is 0 Å². The van der Waals surface area contributed by atoms with Crippen LogP contribution in [0.5, 0.6) is 5.75 Å². The monoisotopic (exact) mass is 290 g/mol. The predicted octanol–water partition coefficient (Wildman–Crippen LogP) is 3.44. The summed E-state index contributed by atoms with van der Waals surface area (Å²) in [7, 11) is 0. The van der Waals surface area contributed by atoms with Crippen LogP contribution in [0.4, 0.5) is 0 Å². The molecule has 0 aliphatic carbocycles. The highest BCUT2D eigenvalue weighted by Gasteiger charge is 2.19. The zero-order valence-electron chi connectivity index (χ0n) is 13.9. The Bertz CT molecular complexity index is 425. The highest BCUT2D eigenvalue weighted by molar-refractivity contribution is 5.28. The number of nitrogens with zero attached hydrogens (tertiary/aromatic N) is 1. The van der Waals surface area contributed by atoms with Crippen molar-refractivity contribution >= 4 is 0 Å². The molecule has 0 bridgehead atoms. The van der Waals surface area contributed by atoms with Gasteiger partial charge in [-0.05, 0) is 64.8 Å². The molecule has 1 N–H and O–H groups in total. The molecule has 1 atom stereocenters. The smallest absolute Gasteiger partial charge is 0.120 e. The molecule has 1 saturated heterocycles. The van der Waals surface area contributed by atoms with Crippen molar-refractivity contribution in [2.75, 3.05) is 13.1 Å². The standard InChI is InChI=1S/C18H30N2O/c1-14(2)20(13-17-8-6-10-19-17)12-16-7-5-9-18(11-16)21-15(3)4/h5,7,9,11,14-15,17,19H,6,8,10,12-13H2,1-4H3. The maximum atomic E-state index is 5.80. The molecule has 1 aliphatic rings. The fraction of sp³-hybridized carbons (Fsp3) is 0.667. The molecule has 1 aromatic rings. The summed E-state index contributed by atoms with van der Waals surface area (Å²) >= 11 is 0. The Morgan fingerprint density at radius 1 is 1.29 bits per heavy atom. The lowest BCUT2D eigenvalue weighted by Gasteiger charge is -2.29. The minimum atomic E-state index is 0.226. The van der Waals surface area contributed by atoms with Crippen LogP contribution in [0.25, 0.3) is 0 Å². The van der Waals surface area contributed by atoms with Crippen molar-refractivity contribution in [3.8, 4) is 5.75 Å². The van der Waals surface area contributed by atoms with Crippen LogP contribution in [-0.4, -0.2) is 36.2 Å². The lowest BCUT2D eigenvalue weighted by molar-refractivity contribution is 0.193. The second kappa shape index (κ2) is 7.81. The van der Waals surface area contributed by atoms with Crippen LogP contribution in [0.2, 0.25) is 0 Å². The van der Waals surface area contributed by atoms with Gasteiger partial charge in [0.1, 0.15) is 5.75 Å². The number of ether oxygens (including phenoxy) is 1. The van der Waals surface area contributed by atoms with Gasteiger partial charge in [-0.15, -0.1) is 0 Å². The van der Waals surface area contributed by atoms with Crippen molar-refractivity contribution in [1.29, 1.82) is 0 Å².